The number of rotatable bonds is 9. The summed E-state index contributed by atoms with van der Waals surface area (Å²) in [7, 11) is 0. The van der Waals surface area contributed by atoms with E-state index in [1.54, 1.807) is 48.5 Å². The average molecular weight is 492 g/mol. The molecule has 0 aromatic heterocycles. The Morgan fingerprint density at radius 1 is 0.829 bits per heavy atom. The van der Waals surface area contributed by atoms with Crippen molar-refractivity contribution >= 4 is 29.1 Å². The molecule has 182 valence electrons. The lowest BCUT2D eigenvalue weighted by Gasteiger charge is -2.14. The Labute approximate surface area is 210 Å². The molecule has 3 aromatic rings. The molecule has 0 aliphatic carbocycles. The number of amides is 2. The predicted octanol–water partition coefficient (Wildman–Crippen LogP) is 4.29. The molecule has 0 aliphatic rings. The van der Waals surface area contributed by atoms with Crippen LogP contribution in [0.15, 0.2) is 78.9 Å². The molecule has 8 heteroatoms. The Morgan fingerprint density at radius 3 is 2.23 bits per heavy atom. The molecule has 0 saturated carbocycles. The molecule has 0 unspecified atom stereocenters. The second-order valence-corrected chi connectivity index (χ2v) is 8.58. The van der Waals surface area contributed by atoms with Crippen LogP contribution >= 0.6 is 12.2 Å². The first-order valence-corrected chi connectivity index (χ1v) is 11.7. The zero-order valence-electron chi connectivity index (χ0n) is 19.7. The van der Waals surface area contributed by atoms with Crippen LogP contribution in [0.2, 0.25) is 0 Å². The molecule has 0 saturated heterocycles. The molecule has 0 heterocycles. The molecule has 3 aromatic carbocycles. The lowest BCUT2D eigenvalue weighted by molar-refractivity contribution is 0.0933. The van der Waals surface area contributed by atoms with Crippen LogP contribution in [0.5, 0.6) is 11.5 Å². The Hall–Kier alpha value is -3.91. The molecule has 0 aliphatic heterocycles. The minimum absolute atomic E-state index is 0.0423. The lowest BCUT2D eigenvalue weighted by atomic mass is 10.1. The highest BCUT2D eigenvalue weighted by molar-refractivity contribution is 7.80. The van der Waals surface area contributed by atoms with Crippen molar-refractivity contribution in [2.45, 2.75) is 20.3 Å². The number of carbonyl (C=O) groups excluding carboxylic acids is 2. The van der Waals surface area contributed by atoms with E-state index in [4.69, 9.17) is 21.7 Å². The van der Waals surface area contributed by atoms with Gasteiger partial charge in [-0.1, -0.05) is 56.3 Å². The zero-order valence-corrected chi connectivity index (χ0v) is 20.6. The monoisotopic (exact) mass is 491 g/mol. The third kappa shape index (κ3) is 8.42. The van der Waals surface area contributed by atoms with E-state index in [-0.39, 0.29) is 5.11 Å². The van der Waals surface area contributed by atoms with Gasteiger partial charge < -0.3 is 9.47 Å². The van der Waals surface area contributed by atoms with Gasteiger partial charge >= 0.3 is 0 Å². The summed E-state index contributed by atoms with van der Waals surface area (Å²) in [6, 6.07) is 23.6. The topological polar surface area (TPSA) is 88.7 Å². The van der Waals surface area contributed by atoms with E-state index in [1.165, 1.54) is 0 Å². The van der Waals surface area contributed by atoms with Crippen LogP contribution in [0.3, 0.4) is 0 Å². The highest BCUT2D eigenvalue weighted by Crippen LogP contribution is 2.18. The lowest BCUT2D eigenvalue weighted by Crippen LogP contribution is -2.48. The van der Waals surface area contributed by atoms with Crippen LogP contribution in [-0.4, -0.2) is 30.1 Å². The second-order valence-electron chi connectivity index (χ2n) is 8.17. The molecule has 0 fully saturated rings. The number of para-hydroxylation sites is 1. The summed E-state index contributed by atoms with van der Waals surface area (Å²) in [6.07, 6.45) is 0.716. The van der Waals surface area contributed by atoms with Gasteiger partial charge in [0.1, 0.15) is 11.5 Å². The van der Waals surface area contributed by atoms with E-state index in [0.29, 0.717) is 48.2 Å². The van der Waals surface area contributed by atoms with Crippen LogP contribution < -0.4 is 25.6 Å². The molecular weight excluding hydrogens is 462 g/mol. The smallest absolute Gasteiger partial charge is 0.269 e. The van der Waals surface area contributed by atoms with Crippen molar-refractivity contribution in [2.75, 3.05) is 13.2 Å². The van der Waals surface area contributed by atoms with Crippen LogP contribution in [0.25, 0.3) is 0 Å². The third-order valence-electron chi connectivity index (χ3n) is 4.84. The van der Waals surface area contributed by atoms with E-state index in [9.17, 15) is 9.59 Å². The van der Waals surface area contributed by atoms with Crippen molar-refractivity contribution in [2.24, 2.45) is 5.92 Å². The zero-order chi connectivity index (χ0) is 25.0. The van der Waals surface area contributed by atoms with E-state index in [1.807, 2.05) is 30.3 Å². The fourth-order valence-corrected chi connectivity index (χ4v) is 3.20. The summed E-state index contributed by atoms with van der Waals surface area (Å²) in [6.45, 7) is 5.15. The van der Waals surface area contributed by atoms with Crippen LogP contribution in [0.4, 0.5) is 0 Å². The standard InChI is InChI=1S/C27H29N3O4S/c1-19(2)18-34-22-14-12-21(13-15-22)25(31)29-30-27(35)28-26(32)23-10-6-7-11-24(23)33-17-16-20-8-4-3-5-9-20/h3-15,19H,16-18H2,1-2H3,(H,29,31)(H2,28,30,32,35). The predicted molar refractivity (Wildman–Crippen MR) is 140 cm³/mol. The SMILES string of the molecule is CC(C)COc1ccc(C(=O)NNC(=S)NC(=O)c2ccccc2OCCc2ccccc2)cc1. The quantitative estimate of drug-likeness (QED) is 0.306. The maximum absolute atomic E-state index is 12.7. The second kappa shape index (κ2) is 13.1. The molecular formula is C27H29N3O4S. The number of hydrogen-bond acceptors (Lipinski definition) is 5. The fraction of sp³-hybridized carbons (Fsp3) is 0.222. The molecule has 0 radical (unpaired) electrons. The van der Waals surface area contributed by atoms with Crippen molar-refractivity contribution in [1.29, 1.82) is 0 Å². The average Bonchev–Trinajstić information content (AvgIpc) is 2.87. The molecule has 3 rings (SSSR count). The van der Waals surface area contributed by atoms with Gasteiger partial charge in [0, 0.05) is 12.0 Å². The van der Waals surface area contributed by atoms with Gasteiger partial charge in [-0.2, -0.15) is 0 Å². The highest BCUT2D eigenvalue weighted by atomic mass is 32.1. The van der Waals surface area contributed by atoms with Gasteiger partial charge in [0.2, 0.25) is 0 Å². The van der Waals surface area contributed by atoms with E-state index in [0.717, 1.165) is 5.56 Å². The Balaban J connectivity index is 1.47. The van der Waals surface area contributed by atoms with Gasteiger partial charge in [0.15, 0.2) is 5.11 Å². The molecule has 35 heavy (non-hydrogen) atoms. The summed E-state index contributed by atoms with van der Waals surface area (Å²) in [5.74, 6) is 0.703. The maximum atomic E-state index is 12.7. The first-order chi connectivity index (χ1) is 16.9. The van der Waals surface area contributed by atoms with Crippen LogP contribution in [-0.2, 0) is 6.42 Å². The largest absolute Gasteiger partial charge is 0.493 e. The van der Waals surface area contributed by atoms with Gasteiger partial charge in [-0.3, -0.25) is 25.8 Å². The number of thiocarbonyl (C=S) groups is 1. The van der Waals surface area contributed by atoms with E-state index < -0.39 is 11.8 Å². The highest BCUT2D eigenvalue weighted by Gasteiger charge is 2.14. The van der Waals surface area contributed by atoms with Gasteiger partial charge in [-0.15, -0.1) is 0 Å². The number of hydrogen-bond donors (Lipinski definition) is 3. The minimum atomic E-state index is -0.446. The van der Waals surface area contributed by atoms with E-state index in [2.05, 4.69) is 30.0 Å². The number of benzene rings is 3. The number of nitrogens with one attached hydrogen (secondary N) is 3. The normalized spacial score (nSPS) is 10.4. The van der Waals surface area contributed by atoms with Crippen LogP contribution in [0.1, 0.15) is 40.1 Å². The molecule has 3 N–H and O–H groups in total. The Morgan fingerprint density at radius 2 is 1.51 bits per heavy atom. The maximum Gasteiger partial charge on any atom is 0.269 e. The summed E-state index contributed by atoms with van der Waals surface area (Å²) in [5, 5.41) is 2.51. The summed E-state index contributed by atoms with van der Waals surface area (Å²) < 4.78 is 11.5. The Kier molecular flexibility index (Phi) is 9.62. The summed E-state index contributed by atoms with van der Waals surface area (Å²) in [5.41, 5.74) is 6.93. The molecule has 7 nitrogen and oxygen atoms in total. The summed E-state index contributed by atoms with van der Waals surface area (Å²) >= 11 is 5.15. The summed E-state index contributed by atoms with van der Waals surface area (Å²) in [4.78, 5) is 25.1. The third-order valence-corrected chi connectivity index (χ3v) is 5.04. The molecule has 0 spiro atoms. The first-order valence-electron chi connectivity index (χ1n) is 11.3. The van der Waals surface area contributed by atoms with Crippen molar-refractivity contribution < 1.29 is 19.1 Å². The molecule has 2 amide bonds. The van der Waals surface area contributed by atoms with Gasteiger partial charge in [0.05, 0.1) is 18.8 Å². The van der Waals surface area contributed by atoms with Gasteiger partial charge in [-0.05, 0) is 60.1 Å². The van der Waals surface area contributed by atoms with E-state index >= 15 is 0 Å². The van der Waals surface area contributed by atoms with Gasteiger partial charge in [0.25, 0.3) is 11.8 Å². The first kappa shape index (κ1) is 25.7. The molecule has 0 bridgehead atoms. The number of hydrazine groups is 1. The van der Waals surface area contributed by atoms with Crippen LogP contribution in [0, 0.1) is 5.92 Å². The number of carbonyl (C=O) groups is 2. The van der Waals surface area contributed by atoms with Crippen molar-refractivity contribution in [3.63, 3.8) is 0 Å². The van der Waals surface area contributed by atoms with Crippen molar-refractivity contribution in [3.8, 4) is 11.5 Å². The van der Waals surface area contributed by atoms with Gasteiger partial charge in [-0.25, -0.2) is 0 Å². The number of ether oxygens (including phenoxy) is 2. The van der Waals surface area contributed by atoms with Crippen molar-refractivity contribution in [3.05, 3.63) is 95.6 Å². The fourth-order valence-electron chi connectivity index (χ4n) is 3.06. The Bertz CT molecular complexity index is 1130. The molecule has 0 atom stereocenters. The minimum Gasteiger partial charge on any atom is -0.493 e. The van der Waals surface area contributed by atoms with Crippen molar-refractivity contribution in [1.82, 2.24) is 16.2 Å².